The molecule has 0 amide bonds. The molecule has 1 aliphatic rings. The molecule has 1 aliphatic heterocycles. The number of nitrogens with one attached hydrogen (secondary N) is 2. The largest absolute Gasteiger partial charge is 0.381 e. The summed E-state index contributed by atoms with van der Waals surface area (Å²) >= 11 is 0. The Morgan fingerprint density at radius 2 is 2.31 bits per heavy atom. The SMILES string of the molecule is Cc1ccc(F)c(NCC2CCCCN2)c1. The lowest BCUT2D eigenvalue weighted by molar-refractivity contribution is 0.414. The van der Waals surface area contributed by atoms with Crippen molar-refractivity contribution in [1.29, 1.82) is 0 Å². The van der Waals surface area contributed by atoms with E-state index in [1.807, 2.05) is 13.0 Å². The van der Waals surface area contributed by atoms with Crippen LogP contribution in [0.15, 0.2) is 18.2 Å². The van der Waals surface area contributed by atoms with Gasteiger partial charge in [0.15, 0.2) is 0 Å². The third-order valence-corrected chi connectivity index (χ3v) is 3.07. The molecule has 0 spiro atoms. The number of anilines is 1. The van der Waals surface area contributed by atoms with E-state index in [1.165, 1.54) is 25.3 Å². The Bertz CT molecular complexity index is 346. The van der Waals surface area contributed by atoms with Crippen LogP contribution in [0.25, 0.3) is 0 Å². The van der Waals surface area contributed by atoms with E-state index in [9.17, 15) is 4.39 Å². The van der Waals surface area contributed by atoms with E-state index in [1.54, 1.807) is 6.07 Å². The van der Waals surface area contributed by atoms with Crippen molar-refractivity contribution >= 4 is 5.69 Å². The summed E-state index contributed by atoms with van der Waals surface area (Å²) in [6.07, 6.45) is 3.71. The third-order valence-electron chi connectivity index (χ3n) is 3.07. The number of halogens is 1. The van der Waals surface area contributed by atoms with E-state index in [0.29, 0.717) is 11.7 Å². The van der Waals surface area contributed by atoms with Crippen LogP contribution in [0, 0.1) is 12.7 Å². The van der Waals surface area contributed by atoms with Crippen LogP contribution < -0.4 is 10.6 Å². The molecule has 2 N–H and O–H groups in total. The van der Waals surface area contributed by atoms with Crippen molar-refractivity contribution in [3.8, 4) is 0 Å². The minimum atomic E-state index is -0.165. The highest BCUT2D eigenvalue weighted by molar-refractivity contribution is 5.47. The first-order chi connectivity index (χ1) is 7.75. The molecule has 1 saturated heterocycles. The van der Waals surface area contributed by atoms with Gasteiger partial charge in [-0.05, 0) is 44.0 Å². The Labute approximate surface area is 96.2 Å². The molecular weight excluding hydrogens is 203 g/mol. The fourth-order valence-corrected chi connectivity index (χ4v) is 2.11. The Morgan fingerprint density at radius 1 is 1.44 bits per heavy atom. The van der Waals surface area contributed by atoms with Crippen molar-refractivity contribution < 1.29 is 4.39 Å². The zero-order valence-corrected chi connectivity index (χ0v) is 9.72. The normalized spacial score (nSPS) is 20.8. The number of rotatable bonds is 3. The highest BCUT2D eigenvalue weighted by atomic mass is 19.1. The fourth-order valence-electron chi connectivity index (χ4n) is 2.11. The molecule has 1 unspecified atom stereocenters. The molecule has 1 heterocycles. The lowest BCUT2D eigenvalue weighted by Crippen LogP contribution is -2.39. The maximum atomic E-state index is 13.4. The zero-order valence-electron chi connectivity index (χ0n) is 9.72. The molecule has 1 aromatic rings. The first kappa shape index (κ1) is 11.4. The average Bonchev–Trinajstić information content (AvgIpc) is 2.32. The van der Waals surface area contributed by atoms with Crippen LogP contribution in [0.4, 0.5) is 10.1 Å². The Kier molecular flexibility index (Phi) is 3.78. The van der Waals surface area contributed by atoms with Gasteiger partial charge < -0.3 is 10.6 Å². The van der Waals surface area contributed by atoms with Crippen molar-refractivity contribution in [2.75, 3.05) is 18.4 Å². The van der Waals surface area contributed by atoms with Crippen LogP contribution in [0.3, 0.4) is 0 Å². The van der Waals surface area contributed by atoms with Crippen LogP contribution in [-0.4, -0.2) is 19.1 Å². The Balaban J connectivity index is 1.90. The quantitative estimate of drug-likeness (QED) is 0.821. The molecule has 88 valence electrons. The second-order valence-corrected chi connectivity index (χ2v) is 4.51. The summed E-state index contributed by atoms with van der Waals surface area (Å²) in [7, 11) is 0. The topological polar surface area (TPSA) is 24.1 Å². The van der Waals surface area contributed by atoms with Gasteiger partial charge in [-0.15, -0.1) is 0 Å². The summed E-state index contributed by atoms with van der Waals surface area (Å²) in [5.74, 6) is -0.165. The second kappa shape index (κ2) is 5.30. The molecule has 0 saturated carbocycles. The fraction of sp³-hybridized carbons (Fsp3) is 0.538. The van der Waals surface area contributed by atoms with Gasteiger partial charge in [0.05, 0.1) is 5.69 Å². The summed E-state index contributed by atoms with van der Waals surface area (Å²) in [5, 5.41) is 6.62. The summed E-state index contributed by atoms with van der Waals surface area (Å²) in [6.45, 7) is 3.87. The predicted octanol–water partition coefficient (Wildman–Crippen LogP) is 2.69. The molecule has 2 nitrogen and oxygen atoms in total. The van der Waals surface area contributed by atoms with E-state index >= 15 is 0 Å². The first-order valence-corrected chi connectivity index (χ1v) is 5.99. The van der Waals surface area contributed by atoms with Gasteiger partial charge in [0.25, 0.3) is 0 Å². The molecule has 2 rings (SSSR count). The monoisotopic (exact) mass is 222 g/mol. The van der Waals surface area contributed by atoms with Gasteiger partial charge in [0.1, 0.15) is 5.82 Å². The molecule has 0 aromatic heterocycles. The minimum Gasteiger partial charge on any atom is -0.381 e. The van der Waals surface area contributed by atoms with Crippen LogP contribution in [-0.2, 0) is 0 Å². The van der Waals surface area contributed by atoms with E-state index in [4.69, 9.17) is 0 Å². The molecular formula is C13H19FN2. The third kappa shape index (κ3) is 2.95. The summed E-state index contributed by atoms with van der Waals surface area (Å²) in [5.41, 5.74) is 1.70. The summed E-state index contributed by atoms with van der Waals surface area (Å²) < 4.78 is 13.4. The number of hydrogen-bond donors (Lipinski definition) is 2. The van der Waals surface area contributed by atoms with Crippen LogP contribution in [0.1, 0.15) is 24.8 Å². The van der Waals surface area contributed by atoms with Crippen molar-refractivity contribution in [3.05, 3.63) is 29.6 Å². The summed E-state index contributed by atoms with van der Waals surface area (Å²) in [4.78, 5) is 0. The van der Waals surface area contributed by atoms with Gasteiger partial charge in [-0.2, -0.15) is 0 Å². The lowest BCUT2D eigenvalue weighted by atomic mass is 10.1. The predicted molar refractivity (Wildman–Crippen MR) is 65.3 cm³/mol. The standard InChI is InChI=1S/C13H19FN2/c1-10-5-6-12(14)13(8-10)16-9-11-4-2-3-7-15-11/h5-6,8,11,15-16H,2-4,7,9H2,1H3. The second-order valence-electron chi connectivity index (χ2n) is 4.51. The lowest BCUT2D eigenvalue weighted by Gasteiger charge is -2.24. The molecule has 0 bridgehead atoms. The maximum absolute atomic E-state index is 13.4. The first-order valence-electron chi connectivity index (χ1n) is 5.99. The van der Waals surface area contributed by atoms with E-state index in [2.05, 4.69) is 10.6 Å². The molecule has 0 aliphatic carbocycles. The average molecular weight is 222 g/mol. The van der Waals surface area contributed by atoms with Crippen LogP contribution in [0.2, 0.25) is 0 Å². The minimum absolute atomic E-state index is 0.165. The Morgan fingerprint density at radius 3 is 3.06 bits per heavy atom. The number of aryl methyl sites for hydroxylation is 1. The van der Waals surface area contributed by atoms with Gasteiger partial charge in [0, 0.05) is 12.6 Å². The smallest absolute Gasteiger partial charge is 0.146 e. The number of benzene rings is 1. The van der Waals surface area contributed by atoms with Gasteiger partial charge >= 0.3 is 0 Å². The van der Waals surface area contributed by atoms with Crippen molar-refractivity contribution in [1.82, 2.24) is 5.32 Å². The molecule has 0 radical (unpaired) electrons. The van der Waals surface area contributed by atoms with E-state index < -0.39 is 0 Å². The molecule has 3 heteroatoms. The molecule has 16 heavy (non-hydrogen) atoms. The highest BCUT2D eigenvalue weighted by Gasteiger charge is 2.12. The van der Waals surface area contributed by atoms with Crippen molar-refractivity contribution in [2.24, 2.45) is 0 Å². The molecule has 1 fully saturated rings. The van der Waals surface area contributed by atoms with Crippen molar-refractivity contribution in [2.45, 2.75) is 32.2 Å². The number of hydrogen-bond acceptors (Lipinski definition) is 2. The van der Waals surface area contributed by atoms with Gasteiger partial charge in [0.2, 0.25) is 0 Å². The maximum Gasteiger partial charge on any atom is 0.146 e. The van der Waals surface area contributed by atoms with Gasteiger partial charge in [-0.25, -0.2) is 4.39 Å². The molecule has 1 atom stereocenters. The highest BCUT2D eigenvalue weighted by Crippen LogP contribution is 2.16. The van der Waals surface area contributed by atoms with Crippen LogP contribution >= 0.6 is 0 Å². The Hall–Kier alpha value is -1.09. The molecule has 1 aromatic carbocycles. The van der Waals surface area contributed by atoms with E-state index in [-0.39, 0.29) is 5.82 Å². The van der Waals surface area contributed by atoms with Crippen LogP contribution in [0.5, 0.6) is 0 Å². The van der Waals surface area contributed by atoms with E-state index in [0.717, 1.165) is 18.7 Å². The van der Waals surface area contributed by atoms with Gasteiger partial charge in [-0.3, -0.25) is 0 Å². The summed E-state index contributed by atoms with van der Waals surface area (Å²) in [6, 6.07) is 5.65. The zero-order chi connectivity index (χ0) is 11.4. The van der Waals surface area contributed by atoms with Gasteiger partial charge in [-0.1, -0.05) is 12.5 Å². The number of piperidine rings is 1. The van der Waals surface area contributed by atoms with Crippen molar-refractivity contribution in [3.63, 3.8) is 0 Å².